The molecule has 0 saturated heterocycles. The topological polar surface area (TPSA) is 84.4 Å². The van der Waals surface area contributed by atoms with E-state index in [-0.39, 0.29) is 31.4 Å². The third-order valence-electron chi connectivity index (χ3n) is 2.23. The molecular formula is C12H18N4O3. The number of ether oxygens (including phenoxy) is 1. The zero-order chi connectivity index (χ0) is 14.1. The SMILES string of the molecule is CCOC(=O)CCNC(=O)CN(C)c1ncccn1. The van der Waals surface area contributed by atoms with E-state index in [9.17, 15) is 9.59 Å². The minimum Gasteiger partial charge on any atom is -0.466 e. The maximum absolute atomic E-state index is 11.6. The van der Waals surface area contributed by atoms with E-state index < -0.39 is 0 Å². The number of aromatic nitrogens is 2. The molecule has 0 bridgehead atoms. The summed E-state index contributed by atoms with van der Waals surface area (Å²) in [7, 11) is 1.72. The number of nitrogens with zero attached hydrogens (tertiary/aromatic N) is 3. The highest BCUT2D eigenvalue weighted by Crippen LogP contribution is 2.00. The summed E-state index contributed by atoms with van der Waals surface area (Å²) in [6.45, 7) is 2.49. The molecule has 104 valence electrons. The molecule has 19 heavy (non-hydrogen) atoms. The first-order valence-electron chi connectivity index (χ1n) is 6.04. The third-order valence-corrected chi connectivity index (χ3v) is 2.23. The van der Waals surface area contributed by atoms with Crippen molar-refractivity contribution in [2.45, 2.75) is 13.3 Å². The van der Waals surface area contributed by atoms with Gasteiger partial charge in [-0.2, -0.15) is 0 Å². The highest BCUT2D eigenvalue weighted by atomic mass is 16.5. The lowest BCUT2D eigenvalue weighted by Crippen LogP contribution is -2.36. The first-order chi connectivity index (χ1) is 9.13. The van der Waals surface area contributed by atoms with Crippen molar-refractivity contribution in [3.05, 3.63) is 18.5 Å². The Labute approximate surface area is 112 Å². The van der Waals surface area contributed by atoms with Crippen LogP contribution in [0.5, 0.6) is 0 Å². The maximum atomic E-state index is 11.6. The second-order valence-electron chi connectivity index (χ2n) is 3.81. The van der Waals surface area contributed by atoms with Crippen LogP contribution in [0, 0.1) is 0 Å². The van der Waals surface area contributed by atoms with Crippen molar-refractivity contribution >= 4 is 17.8 Å². The van der Waals surface area contributed by atoms with Crippen LogP contribution < -0.4 is 10.2 Å². The molecule has 1 heterocycles. The van der Waals surface area contributed by atoms with Crippen LogP contribution >= 0.6 is 0 Å². The first-order valence-corrected chi connectivity index (χ1v) is 6.04. The van der Waals surface area contributed by atoms with Gasteiger partial charge >= 0.3 is 5.97 Å². The minimum absolute atomic E-state index is 0.132. The summed E-state index contributed by atoms with van der Waals surface area (Å²) < 4.78 is 4.75. The lowest BCUT2D eigenvalue weighted by Gasteiger charge is -2.15. The van der Waals surface area contributed by atoms with Crippen molar-refractivity contribution in [3.63, 3.8) is 0 Å². The van der Waals surface area contributed by atoms with E-state index in [0.29, 0.717) is 12.6 Å². The molecule has 0 aliphatic rings. The van der Waals surface area contributed by atoms with Crippen LogP contribution in [-0.2, 0) is 14.3 Å². The van der Waals surface area contributed by atoms with Crippen molar-refractivity contribution in [3.8, 4) is 0 Å². The second kappa shape index (κ2) is 8.02. The van der Waals surface area contributed by atoms with E-state index in [1.165, 1.54) is 0 Å². The van der Waals surface area contributed by atoms with Gasteiger partial charge in [-0.25, -0.2) is 9.97 Å². The van der Waals surface area contributed by atoms with E-state index >= 15 is 0 Å². The van der Waals surface area contributed by atoms with Crippen LogP contribution in [0.4, 0.5) is 5.95 Å². The van der Waals surface area contributed by atoms with Crippen LogP contribution in [0.15, 0.2) is 18.5 Å². The van der Waals surface area contributed by atoms with Crippen LogP contribution in [0.3, 0.4) is 0 Å². The zero-order valence-corrected chi connectivity index (χ0v) is 11.1. The van der Waals surface area contributed by atoms with Crippen LogP contribution in [0.2, 0.25) is 0 Å². The Bertz CT molecular complexity index is 411. The number of anilines is 1. The number of carbonyl (C=O) groups is 2. The number of nitrogens with one attached hydrogen (secondary N) is 1. The standard InChI is InChI=1S/C12H18N4O3/c1-3-19-11(18)5-8-13-10(17)9-16(2)12-14-6-4-7-15-12/h4,6-7H,3,5,8-9H2,1-2H3,(H,13,17). The molecule has 1 amide bonds. The molecule has 1 N–H and O–H groups in total. The largest absolute Gasteiger partial charge is 0.466 e. The molecule has 0 aliphatic heterocycles. The van der Waals surface area contributed by atoms with E-state index in [4.69, 9.17) is 4.74 Å². The van der Waals surface area contributed by atoms with Gasteiger partial charge in [0.2, 0.25) is 11.9 Å². The Hall–Kier alpha value is -2.18. The van der Waals surface area contributed by atoms with Gasteiger partial charge in [-0.1, -0.05) is 0 Å². The fourth-order valence-corrected chi connectivity index (χ4v) is 1.37. The summed E-state index contributed by atoms with van der Waals surface area (Å²) in [5.74, 6) is -0.0372. The lowest BCUT2D eigenvalue weighted by atomic mass is 10.4. The monoisotopic (exact) mass is 266 g/mol. The number of hydrogen-bond acceptors (Lipinski definition) is 6. The van der Waals surface area contributed by atoms with E-state index in [1.807, 2.05) is 0 Å². The van der Waals surface area contributed by atoms with Gasteiger partial charge in [-0.05, 0) is 13.0 Å². The Balaban J connectivity index is 2.26. The number of amides is 1. The molecule has 0 saturated carbocycles. The Kier molecular flexibility index (Phi) is 6.28. The number of likely N-dealkylation sites (N-methyl/N-ethyl adjacent to an activating group) is 1. The van der Waals surface area contributed by atoms with Gasteiger partial charge in [0.25, 0.3) is 0 Å². The van der Waals surface area contributed by atoms with Gasteiger partial charge < -0.3 is 15.0 Å². The fraction of sp³-hybridized carbons (Fsp3) is 0.500. The van der Waals surface area contributed by atoms with E-state index in [2.05, 4.69) is 15.3 Å². The maximum Gasteiger partial charge on any atom is 0.307 e. The molecule has 0 aromatic carbocycles. The highest BCUT2D eigenvalue weighted by molar-refractivity contribution is 5.81. The summed E-state index contributed by atoms with van der Waals surface area (Å²) in [6.07, 6.45) is 3.39. The molecule has 7 nitrogen and oxygen atoms in total. The minimum atomic E-state index is -0.317. The lowest BCUT2D eigenvalue weighted by molar-refractivity contribution is -0.143. The summed E-state index contributed by atoms with van der Waals surface area (Å²) in [4.78, 5) is 32.3. The molecular weight excluding hydrogens is 248 g/mol. The molecule has 1 rings (SSSR count). The molecule has 0 aliphatic carbocycles. The molecule has 1 aromatic rings. The van der Waals surface area contributed by atoms with E-state index in [0.717, 1.165) is 0 Å². The summed E-state index contributed by atoms with van der Waals surface area (Å²) in [5.41, 5.74) is 0. The molecule has 0 radical (unpaired) electrons. The molecule has 0 spiro atoms. The molecule has 1 aromatic heterocycles. The van der Waals surface area contributed by atoms with Crippen molar-refractivity contribution in [2.24, 2.45) is 0 Å². The predicted molar refractivity (Wildman–Crippen MR) is 69.6 cm³/mol. The van der Waals surface area contributed by atoms with Crippen molar-refractivity contribution in [2.75, 3.05) is 31.6 Å². The Morgan fingerprint density at radius 1 is 1.37 bits per heavy atom. The predicted octanol–water partition coefficient (Wildman–Crippen LogP) is -0.0178. The van der Waals surface area contributed by atoms with Gasteiger partial charge in [0.1, 0.15) is 0 Å². The summed E-state index contributed by atoms with van der Waals surface area (Å²) >= 11 is 0. The normalized spacial score (nSPS) is 9.79. The van der Waals surface area contributed by atoms with E-state index in [1.54, 1.807) is 37.3 Å². The van der Waals surface area contributed by atoms with Crippen LogP contribution in [0.25, 0.3) is 0 Å². The fourth-order valence-electron chi connectivity index (χ4n) is 1.37. The summed E-state index contributed by atoms with van der Waals surface area (Å²) in [5, 5.41) is 2.64. The van der Waals surface area contributed by atoms with Crippen molar-refractivity contribution in [1.82, 2.24) is 15.3 Å². The number of carbonyl (C=O) groups excluding carboxylic acids is 2. The highest BCUT2D eigenvalue weighted by Gasteiger charge is 2.09. The van der Waals surface area contributed by atoms with Gasteiger partial charge in [0, 0.05) is 26.0 Å². The molecule has 0 unspecified atom stereocenters. The summed E-state index contributed by atoms with van der Waals surface area (Å²) in [6, 6.07) is 1.71. The molecule has 0 fully saturated rings. The smallest absolute Gasteiger partial charge is 0.307 e. The Morgan fingerprint density at radius 2 is 2.05 bits per heavy atom. The zero-order valence-electron chi connectivity index (χ0n) is 11.1. The molecule has 7 heteroatoms. The average Bonchev–Trinajstić information content (AvgIpc) is 2.40. The van der Waals surface area contributed by atoms with Crippen LogP contribution in [0.1, 0.15) is 13.3 Å². The van der Waals surface area contributed by atoms with Gasteiger partial charge in [-0.3, -0.25) is 9.59 Å². The number of esters is 1. The van der Waals surface area contributed by atoms with Crippen molar-refractivity contribution in [1.29, 1.82) is 0 Å². The number of rotatable bonds is 7. The first kappa shape index (κ1) is 14.9. The molecule has 0 atom stereocenters. The number of hydrogen-bond donors (Lipinski definition) is 1. The van der Waals surface area contributed by atoms with Gasteiger partial charge in [0.15, 0.2) is 0 Å². The third kappa shape index (κ3) is 5.80. The van der Waals surface area contributed by atoms with Gasteiger partial charge in [0.05, 0.1) is 19.6 Å². The van der Waals surface area contributed by atoms with Gasteiger partial charge in [-0.15, -0.1) is 0 Å². The average molecular weight is 266 g/mol. The van der Waals surface area contributed by atoms with Crippen LogP contribution in [-0.4, -0.2) is 48.6 Å². The Morgan fingerprint density at radius 3 is 2.68 bits per heavy atom. The van der Waals surface area contributed by atoms with Crippen molar-refractivity contribution < 1.29 is 14.3 Å². The second-order valence-corrected chi connectivity index (χ2v) is 3.81. The quantitative estimate of drug-likeness (QED) is 0.698.